The third kappa shape index (κ3) is 5.15. The number of likely N-dealkylation sites (N-methyl/N-ethyl adjacent to an activating group) is 1. The van der Waals surface area contributed by atoms with E-state index in [4.69, 9.17) is 27.6 Å². The summed E-state index contributed by atoms with van der Waals surface area (Å²) in [6.45, 7) is 3.31. The number of H-pyrrole nitrogens is 1. The van der Waals surface area contributed by atoms with Gasteiger partial charge in [0.25, 0.3) is 11.8 Å². The minimum Gasteiger partial charge on any atom is -0.461 e. The summed E-state index contributed by atoms with van der Waals surface area (Å²) in [5.74, 6) is 0.900. The van der Waals surface area contributed by atoms with Crippen LogP contribution in [0.25, 0.3) is 11.3 Å². The van der Waals surface area contributed by atoms with Gasteiger partial charge in [0.05, 0.1) is 10.0 Å². The molecular formula is C22H23Cl2N5O3. The number of benzene rings is 1. The largest absolute Gasteiger partial charge is 0.461 e. The summed E-state index contributed by atoms with van der Waals surface area (Å²) in [6, 6.07) is 10.5. The molecule has 10 heteroatoms. The molecule has 2 amide bonds. The molecule has 0 saturated carbocycles. The minimum atomic E-state index is -0.328. The van der Waals surface area contributed by atoms with Crippen molar-refractivity contribution in [2.45, 2.75) is 6.42 Å². The first kappa shape index (κ1) is 22.4. The lowest BCUT2D eigenvalue weighted by molar-refractivity contribution is 0.0658. The van der Waals surface area contributed by atoms with E-state index in [0.717, 1.165) is 24.4 Å². The average Bonchev–Trinajstić information content (AvgIpc) is 3.46. The first-order chi connectivity index (χ1) is 15.4. The maximum atomic E-state index is 12.6. The molecule has 2 aromatic heterocycles. The second kappa shape index (κ2) is 9.77. The van der Waals surface area contributed by atoms with E-state index in [0.29, 0.717) is 41.9 Å². The first-order valence-corrected chi connectivity index (χ1v) is 11.0. The fraction of sp³-hybridized carbons (Fsp3) is 0.318. The summed E-state index contributed by atoms with van der Waals surface area (Å²) in [5, 5.41) is 10.4. The fourth-order valence-electron chi connectivity index (χ4n) is 3.43. The summed E-state index contributed by atoms with van der Waals surface area (Å²) in [4.78, 5) is 28.9. The third-order valence-electron chi connectivity index (χ3n) is 5.35. The first-order valence-electron chi connectivity index (χ1n) is 10.3. The number of piperazine rings is 1. The quantitative estimate of drug-likeness (QED) is 0.569. The fourth-order valence-corrected chi connectivity index (χ4v) is 3.73. The summed E-state index contributed by atoms with van der Waals surface area (Å²) in [7, 11) is 2.02. The van der Waals surface area contributed by atoms with E-state index in [9.17, 15) is 9.59 Å². The van der Waals surface area contributed by atoms with Crippen molar-refractivity contribution < 1.29 is 14.0 Å². The van der Waals surface area contributed by atoms with Crippen LogP contribution in [0.4, 0.5) is 0 Å². The molecule has 8 nitrogen and oxygen atoms in total. The second-order valence-corrected chi connectivity index (χ2v) is 8.48. The Morgan fingerprint density at radius 3 is 2.62 bits per heavy atom. The van der Waals surface area contributed by atoms with E-state index in [-0.39, 0.29) is 23.2 Å². The van der Waals surface area contributed by atoms with Crippen LogP contribution in [0.2, 0.25) is 10.0 Å². The number of halogens is 2. The van der Waals surface area contributed by atoms with Gasteiger partial charge in [-0.05, 0) is 37.4 Å². The van der Waals surface area contributed by atoms with E-state index in [1.165, 1.54) is 6.07 Å². The lowest BCUT2D eigenvalue weighted by Gasteiger charge is -2.31. The standard InChI is InChI=1S/C22H23Cl2N5O3/c1-28-8-10-29(11-9-28)22(31)19-13-18(26-27-19)21(30)25-7-6-15-3-5-20(32-15)14-2-4-16(23)17(24)12-14/h2-5,12-13H,6-11H2,1H3,(H,25,30)(H,26,27). The molecule has 1 saturated heterocycles. The molecule has 1 aliphatic heterocycles. The van der Waals surface area contributed by atoms with Gasteiger partial charge in [0, 0.05) is 50.8 Å². The highest BCUT2D eigenvalue weighted by molar-refractivity contribution is 6.42. The topological polar surface area (TPSA) is 94.5 Å². The van der Waals surface area contributed by atoms with Gasteiger partial charge in [0.15, 0.2) is 5.69 Å². The van der Waals surface area contributed by atoms with Gasteiger partial charge in [0.2, 0.25) is 0 Å². The molecule has 1 fully saturated rings. The van der Waals surface area contributed by atoms with Crippen LogP contribution in [0.1, 0.15) is 26.7 Å². The van der Waals surface area contributed by atoms with Gasteiger partial charge in [0.1, 0.15) is 17.2 Å². The molecule has 0 spiro atoms. The Morgan fingerprint density at radius 2 is 1.88 bits per heavy atom. The molecule has 2 N–H and O–H groups in total. The number of carbonyl (C=O) groups excluding carboxylic acids is 2. The number of rotatable bonds is 6. The van der Waals surface area contributed by atoms with E-state index in [2.05, 4.69) is 20.4 Å². The van der Waals surface area contributed by atoms with E-state index < -0.39 is 0 Å². The van der Waals surface area contributed by atoms with Crippen LogP contribution >= 0.6 is 23.2 Å². The van der Waals surface area contributed by atoms with Crippen molar-refractivity contribution in [3.8, 4) is 11.3 Å². The molecule has 0 radical (unpaired) electrons. The highest BCUT2D eigenvalue weighted by atomic mass is 35.5. The van der Waals surface area contributed by atoms with Crippen molar-refractivity contribution in [3.05, 3.63) is 63.6 Å². The van der Waals surface area contributed by atoms with Crippen LogP contribution < -0.4 is 5.32 Å². The van der Waals surface area contributed by atoms with E-state index in [1.54, 1.807) is 17.0 Å². The molecule has 32 heavy (non-hydrogen) atoms. The second-order valence-electron chi connectivity index (χ2n) is 7.66. The SMILES string of the molecule is CN1CCN(C(=O)c2cc(C(=O)NCCc3ccc(-c4ccc(Cl)c(Cl)c4)o3)[nH]n2)CC1. The number of aromatic nitrogens is 2. The zero-order valence-corrected chi connectivity index (χ0v) is 19.0. The predicted molar refractivity (Wildman–Crippen MR) is 122 cm³/mol. The molecule has 3 heterocycles. The average molecular weight is 476 g/mol. The summed E-state index contributed by atoms with van der Waals surface area (Å²) in [5.41, 5.74) is 1.32. The Bertz CT molecular complexity index is 1120. The Labute approximate surface area is 195 Å². The lowest BCUT2D eigenvalue weighted by Crippen LogP contribution is -2.47. The Kier molecular flexibility index (Phi) is 6.83. The molecule has 168 valence electrons. The van der Waals surface area contributed by atoms with Gasteiger partial charge >= 0.3 is 0 Å². The third-order valence-corrected chi connectivity index (χ3v) is 6.09. The molecule has 3 aromatic rings. The van der Waals surface area contributed by atoms with Crippen LogP contribution in [0.3, 0.4) is 0 Å². The summed E-state index contributed by atoms with van der Waals surface area (Å²) in [6.07, 6.45) is 0.508. The highest BCUT2D eigenvalue weighted by Gasteiger charge is 2.23. The molecule has 0 unspecified atom stereocenters. The van der Waals surface area contributed by atoms with Crippen LogP contribution in [-0.2, 0) is 6.42 Å². The predicted octanol–water partition coefficient (Wildman–Crippen LogP) is 3.34. The van der Waals surface area contributed by atoms with Gasteiger partial charge < -0.3 is 19.5 Å². The molecule has 0 atom stereocenters. The summed E-state index contributed by atoms with van der Waals surface area (Å²) >= 11 is 12.0. The number of carbonyl (C=O) groups is 2. The summed E-state index contributed by atoms with van der Waals surface area (Å²) < 4.78 is 5.84. The van der Waals surface area contributed by atoms with Crippen molar-refractivity contribution in [1.29, 1.82) is 0 Å². The van der Waals surface area contributed by atoms with Crippen molar-refractivity contribution in [1.82, 2.24) is 25.3 Å². The van der Waals surface area contributed by atoms with Crippen molar-refractivity contribution in [2.24, 2.45) is 0 Å². The van der Waals surface area contributed by atoms with E-state index >= 15 is 0 Å². The number of aromatic amines is 1. The van der Waals surface area contributed by atoms with Gasteiger partial charge in [-0.1, -0.05) is 23.2 Å². The number of hydrogen-bond donors (Lipinski definition) is 2. The van der Waals surface area contributed by atoms with Crippen molar-refractivity contribution in [3.63, 3.8) is 0 Å². The molecule has 0 aliphatic carbocycles. The number of nitrogens with one attached hydrogen (secondary N) is 2. The van der Waals surface area contributed by atoms with Crippen LogP contribution in [0, 0.1) is 0 Å². The smallest absolute Gasteiger partial charge is 0.274 e. The lowest BCUT2D eigenvalue weighted by atomic mass is 10.2. The van der Waals surface area contributed by atoms with E-state index in [1.807, 2.05) is 25.2 Å². The Hall–Kier alpha value is -2.81. The molecule has 4 rings (SSSR count). The highest BCUT2D eigenvalue weighted by Crippen LogP contribution is 2.29. The minimum absolute atomic E-state index is 0.168. The zero-order chi connectivity index (χ0) is 22.7. The molecule has 0 bridgehead atoms. The monoisotopic (exact) mass is 475 g/mol. The van der Waals surface area contributed by atoms with Crippen LogP contribution in [0.15, 0.2) is 40.8 Å². The van der Waals surface area contributed by atoms with Gasteiger partial charge in [-0.3, -0.25) is 14.7 Å². The molecule has 1 aromatic carbocycles. The number of hydrogen-bond acceptors (Lipinski definition) is 5. The maximum Gasteiger partial charge on any atom is 0.274 e. The Balaban J connectivity index is 1.29. The van der Waals surface area contributed by atoms with Gasteiger partial charge in [-0.25, -0.2) is 0 Å². The Morgan fingerprint density at radius 1 is 1.09 bits per heavy atom. The number of furan rings is 1. The van der Waals surface area contributed by atoms with Crippen LogP contribution in [-0.4, -0.2) is 71.6 Å². The number of amides is 2. The van der Waals surface area contributed by atoms with Gasteiger partial charge in [-0.15, -0.1) is 0 Å². The normalized spacial score (nSPS) is 14.5. The maximum absolute atomic E-state index is 12.6. The zero-order valence-electron chi connectivity index (χ0n) is 17.5. The van der Waals surface area contributed by atoms with Crippen LogP contribution in [0.5, 0.6) is 0 Å². The van der Waals surface area contributed by atoms with Crippen molar-refractivity contribution >= 4 is 35.0 Å². The molecular weight excluding hydrogens is 453 g/mol. The number of nitrogens with zero attached hydrogens (tertiary/aromatic N) is 3. The van der Waals surface area contributed by atoms with Crippen molar-refractivity contribution in [2.75, 3.05) is 39.8 Å². The van der Waals surface area contributed by atoms with Gasteiger partial charge in [-0.2, -0.15) is 5.10 Å². The molecule has 1 aliphatic rings.